The molecular formula is C19H22NO2PS. The summed E-state index contributed by atoms with van der Waals surface area (Å²) in [6.45, 7) is 6.67. The Morgan fingerprint density at radius 1 is 1.00 bits per heavy atom. The maximum Gasteiger partial charge on any atom is 0.196 e. The summed E-state index contributed by atoms with van der Waals surface area (Å²) >= 11 is 5.77. The first-order valence-electron chi connectivity index (χ1n) is 8.13. The average Bonchev–Trinajstić information content (AvgIpc) is 2.61. The number of hydrogen-bond acceptors (Lipinski definition) is 3. The fourth-order valence-corrected chi connectivity index (χ4v) is 6.49. The van der Waals surface area contributed by atoms with Crippen molar-refractivity contribution in [2.24, 2.45) is 0 Å². The molecule has 2 aromatic rings. The van der Waals surface area contributed by atoms with Crippen molar-refractivity contribution in [1.29, 1.82) is 0 Å². The highest BCUT2D eigenvalue weighted by atomic mass is 32.1. The Balaban J connectivity index is 2.13. The van der Waals surface area contributed by atoms with Crippen LogP contribution in [0, 0.1) is 13.8 Å². The van der Waals surface area contributed by atoms with Gasteiger partial charge in [0.15, 0.2) is 7.14 Å². The zero-order chi connectivity index (χ0) is 17.2. The minimum atomic E-state index is -3.04. The fraction of sp³-hybridized carbons (Fsp3) is 0.316. The molecule has 0 saturated carbocycles. The van der Waals surface area contributed by atoms with Gasteiger partial charge in [0, 0.05) is 23.7 Å². The molecule has 0 N–H and O–H groups in total. The molecule has 0 amide bonds. The molecule has 0 bridgehead atoms. The second-order valence-electron chi connectivity index (χ2n) is 6.17. The van der Waals surface area contributed by atoms with Gasteiger partial charge in [0.05, 0.1) is 13.2 Å². The van der Waals surface area contributed by atoms with Crippen LogP contribution in [0.3, 0.4) is 0 Å². The lowest BCUT2D eigenvalue weighted by Gasteiger charge is -2.33. The van der Waals surface area contributed by atoms with Crippen LogP contribution in [0.1, 0.15) is 11.1 Å². The third-order valence-corrected chi connectivity index (χ3v) is 8.14. The van der Waals surface area contributed by atoms with E-state index < -0.39 is 7.14 Å². The van der Waals surface area contributed by atoms with Crippen molar-refractivity contribution in [2.75, 3.05) is 26.3 Å². The summed E-state index contributed by atoms with van der Waals surface area (Å²) < 4.78 is 20.3. The number of aryl methyl sites for hydroxylation is 2. The van der Waals surface area contributed by atoms with E-state index in [1.807, 2.05) is 67.3 Å². The van der Waals surface area contributed by atoms with Crippen molar-refractivity contribution >= 4 is 34.7 Å². The predicted molar refractivity (Wildman–Crippen MR) is 104 cm³/mol. The summed E-state index contributed by atoms with van der Waals surface area (Å²) in [5.41, 5.74) is 2.18. The summed E-state index contributed by atoms with van der Waals surface area (Å²) in [6, 6.07) is 15.8. The molecule has 1 saturated heterocycles. The molecule has 1 aliphatic heterocycles. The van der Waals surface area contributed by atoms with Crippen LogP contribution in [0.25, 0.3) is 0 Å². The molecule has 0 spiro atoms. The topological polar surface area (TPSA) is 29.5 Å². The average molecular weight is 359 g/mol. The molecule has 3 rings (SSSR count). The van der Waals surface area contributed by atoms with E-state index in [0.717, 1.165) is 21.7 Å². The Bertz CT molecular complexity index is 750. The highest BCUT2D eigenvalue weighted by Gasteiger charge is 2.36. The molecule has 126 valence electrons. The Labute approximate surface area is 149 Å². The van der Waals surface area contributed by atoms with Gasteiger partial charge in [-0.3, -0.25) is 0 Å². The number of thiocarbonyl (C=S) groups is 1. The molecule has 1 heterocycles. The minimum absolute atomic E-state index is 0.544. The molecule has 0 atom stereocenters. The Morgan fingerprint density at radius 3 is 1.96 bits per heavy atom. The standard InChI is InChI=1S/C19H22NO2PS/c1-15-5-3-7-17(13-15)23(21,18-8-4-6-16(2)14-18)19(24)20-9-11-22-12-10-20/h3-8,13-14H,9-12H2,1-2H3. The highest BCUT2D eigenvalue weighted by Crippen LogP contribution is 2.46. The molecule has 5 heteroatoms. The number of rotatable bonds is 3. The summed E-state index contributed by atoms with van der Waals surface area (Å²) in [4.78, 5) is 2.05. The molecule has 1 aliphatic rings. The SMILES string of the molecule is Cc1cccc(P(=O)(C(=S)N2CCOCC2)c2cccc(C)c2)c1. The third-order valence-electron chi connectivity index (χ3n) is 4.28. The van der Waals surface area contributed by atoms with Crippen molar-refractivity contribution in [2.45, 2.75) is 13.8 Å². The van der Waals surface area contributed by atoms with E-state index in [2.05, 4.69) is 0 Å². The monoisotopic (exact) mass is 359 g/mol. The van der Waals surface area contributed by atoms with E-state index in [9.17, 15) is 4.57 Å². The smallest absolute Gasteiger partial charge is 0.196 e. The summed E-state index contributed by atoms with van der Waals surface area (Å²) in [5.74, 6) is 0. The van der Waals surface area contributed by atoms with Gasteiger partial charge in [-0.25, -0.2) is 0 Å². The molecule has 1 fully saturated rings. The van der Waals surface area contributed by atoms with Crippen LogP contribution in [-0.2, 0) is 9.30 Å². The van der Waals surface area contributed by atoms with Gasteiger partial charge in [-0.05, 0) is 26.0 Å². The van der Waals surface area contributed by atoms with E-state index >= 15 is 0 Å². The first-order chi connectivity index (χ1) is 11.5. The van der Waals surface area contributed by atoms with E-state index in [4.69, 9.17) is 17.0 Å². The van der Waals surface area contributed by atoms with Gasteiger partial charge in [0.2, 0.25) is 0 Å². The predicted octanol–water partition coefficient (Wildman–Crippen LogP) is 3.23. The quantitative estimate of drug-likeness (QED) is 0.622. The van der Waals surface area contributed by atoms with Crippen LogP contribution in [0.5, 0.6) is 0 Å². The summed E-state index contributed by atoms with van der Waals surface area (Å²) in [6.07, 6.45) is 0. The number of ether oxygens (including phenoxy) is 1. The largest absolute Gasteiger partial charge is 0.378 e. The minimum Gasteiger partial charge on any atom is -0.378 e. The molecule has 0 aromatic heterocycles. The van der Waals surface area contributed by atoms with Gasteiger partial charge in [-0.15, -0.1) is 0 Å². The maximum absolute atomic E-state index is 14.3. The van der Waals surface area contributed by atoms with Gasteiger partial charge < -0.3 is 14.2 Å². The molecule has 0 unspecified atom stereocenters. The Morgan fingerprint density at radius 2 is 1.50 bits per heavy atom. The van der Waals surface area contributed by atoms with Crippen LogP contribution >= 0.6 is 19.4 Å². The van der Waals surface area contributed by atoms with Crippen molar-refractivity contribution in [3.8, 4) is 0 Å². The van der Waals surface area contributed by atoms with Crippen LogP contribution < -0.4 is 10.6 Å². The number of hydrogen-bond donors (Lipinski definition) is 0. The van der Waals surface area contributed by atoms with Crippen molar-refractivity contribution in [3.63, 3.8) is 0 Å². The number of benzene rings is 2. The molecule has 0 aliphatic carbocycles. The van der Waals surface area contributed by atoms with E-state index in [1.165, 1.54) is 0 Å². The highest BCUT2D eigenvalue weighted by molar-refractivity contribution is 8.07. The van der Waals surface area contributed by atoms with E-state index in [1.54, 1.807) is 0 Å². The molecule has 3 nitrogen and oxygen atoms in total. The first-order valence-corrected chi connectivity index (χ1v) is 10.2. The van der Waals surface area contributed by atoms with Crippen LogP contribution in [0.2, 0.25) is 0 Å². The van der Waals surface area contributed by atoms with Crippen LogP contribution in [-0.4, -0.2) is 35.9 Å². The number of nitrogens with zero attached hydrogens (tertiary/aromatic N) is 1. The second-order valence-corrected chi connectivity index (χ2v) is 9.53. The normalized spacial score (nSPS) is 15.3. The lowest BCUT2D eigenvalue weighted by atomic mass is 10.2. The number of morpholine rings is 1. The Hall–Kier alpha value is -1.48. The van der Waals surface area contributed by atoms with Gasteiger partial charge >= 0.3 is 0 Å². The van der Waals surface area contributed by atoms with E-state index in [0.29, 0.717) is 31.0 Å². The fourth-order valence-electron chi connectivity index (χ4n) is 2.97. The van der Waals surface area contributed by atoms with Crippen LogP contribution in [0.4, 0.5) is 0 Å². The first kappa shape index (κ1) is 17.3. The van der Waals surface area contributed by atoms with Gasteiger partial charge in [0.25, 0.3) is 0 Å². The third kappa shape index (κ3) is 3.32. The van der Waals surface area contributed by atoms with Crippen LogP contribution in [0.15, 0.2) is 48.5 Å². The van der Waals surface area contributed by atoms with Gasteiger partial charge in [-0.2, -0.15) is 0 Å². The zero-order valence-electron chi connectivity index (χ0n) is 14.1. The lowest BCUT2D eigenvalue weighted by Crippen LogP contribution is -2.42. The summed E-state index contributed by atoms with van der Waals surface area (Å²) in [5, 5.41) is 1.62. The van der Waals surface area contributed by atoms with Crippen molar-refractivity contribution in [3.05, 3.63) is 59.7 Å². The molecule has 0 radical (unpaired) electrons. The Kier molecular flexibility index (Phi) is 5.19. The van der Waals surface area contributed by atoms with Gasteiger partial charge in [0.1, 0.15) is 4.73 Å². The van der Waals surface area contributed by atoms with Crippen molar-refractivity contribution < 1.29 is 9.30 Å². The molecular weight excluding hydrogens is 337 g/mol. The molecule has 24 heavy (non-hydrogen) atoms. The zero-order valence-corrected chi connectivity index (χ0v) is 15.8. The van der Waals surface area contributed by atoms with Gasteiger partial charge in [-0.1, -0.05) is 59.7 Å². The summed E-state index contributed by atoms with van der Waals surface area (Å²) in [7, 11) is -3.04. The van der Waals surface area contributed by atoms with Crippen molar-refractivity contribution in [1.82, 2.24) is 4.90 Å². The van der Waals surface area contributed by atoms with E-state index in [-0.39, 0.29) is 0 Å². The lowest BCUT2D eigenvalue weighted by molar-refractivity contribution is 0.0700. The molecule has 2 aromatic carbocycles. The second kappa shape index (κ2) is 7.18. The maximum atomic E-state index is 14.3.